The minimum atomic E-state index is -1.27. The second-order valence-electron chi connectivity index (χ2n) is 4.82. The highest BCUT2D eigenvalue weighted by Crippen LogP contribution is 2.37. The smallest absolute Gasteiger partial charge is 0.318 e. The van der Waals surface area contributed by atoms with Gasteiger partial charge in [-0.3, -0.25) is 4.79 Å². The first-order valence-corrected chi connectivity index (χ1v) is 6.05. The van der Waals surface area contributed by atoms with Gasteiger partial charge in [0.25, 0.3) is 0 Å². The predicted octanol–water partition coefficient (Wildman–Crippen LogP) is 3.09. The van der Waals surface area contributed by atoms with Gasteiger partial charge >= 0.3 is 5.97 Å². The third-order valence-electron chi connectivity index (χ3n) is 3.47. The van der Waals surface area contributed by atoms with Gasteiger partial charge in [-0.1, -0.05) is 48.0 Å². The number of carboxylic acids is 1. The van der Waals surface area contributed by atoms with E-state index in [4.69, 9.17) is 0 Å². The molecule has 0 saturated carbocycles. The van der Waals surface area contributed by atoms with Gasteiger partial charge in [-0.15, -0.1) is 0 Å². The highest BCUT2D eigenvalue weighted by Gasteiger charge is 2.39. The van der Waals surface area contributed by atoms with Gasteiger partial charge in [0.15, 0.2) is 0 Å². The Labute approximate surface area is 112 Å². The molecule has 98 valence electrons. The van der Waals surface area contributed by atoms with Crippen LogP contribution >= 0.6 is 0 Å². The van der Waals surface area contributed by atoms with Crippen LogP contribution in [-0.2, 0) is 10.2 Å². The first-order chi connectivity index (χ1) is 8.96. The van der Waals surface area contributed by atoms with Crippen LogP contribution in [0.3, 0.4) is 0 Å². The second kappa shape index (κ2) is 4.76. The van der Waals surface area contributed by atoms with Gasteiger partial charge in [0, 0.05) is 5.56 Å². The molecule has 1 atom stereocenters. The molecule has 0 fully saturated rings. The lowest BCUT2D eigenvalue weighted by Crippen LogP contribution is -2.33. The summed E-state index contributed by atoms with van der Waals surface area (Å²) in [6.45, 7) is 3.48. The fraction of sp³-hybridized carbons (Fsp3) is 0.188. The summed E-state index contributed by atoms with van der Waals surface area (Å²) in [5.74, 6) is -0.987. The molecule has 0 aliphatic heterocycles. The number of carbonyl (C=O) groups is 1. The van der Waals surface area contributed by atoms with Gasteiger partial charge < -0.3 is 10.2 Å². The van der Waals surface area contributed by atoms with Crippen LogP contribution in [0.2, 0.25) is 0 Å². The molecule has 3 nitrogen and oxygen atoms in total. The number of benzene rings is 2. The lowest BCUT2D eigenvalue weighted by atomic mass is 9.75. The number of phenols is 1. The van der Waals surface area contributed by atoms with Crippen LogP contribution in [0, 0.1) is 6.92 Å². The fourth-order valence-corrected chi connectivity index (χ4v) is 2.22. The molecule has 2 aromatic carbocycles. The predicted molar refractivity (Wildman–Crippen MR) is 73.4 cm³/mol. The van der Waals surface area contributed by atoms with Crippen molar-refractivity contribution < 1.29 is 15.0 Å². The number of aliphatic carboxylic acids is 1. The summed E-state index contributed by atoms with van der Waals surface area (Å²) in [5.41, 5.74) is 0.697. The summed E-state index contributed by atoms with van der Waals surface area (Å²) < 4.78 is 0. The molecule has 1 unspecified atom stereocenters. The summed E-state index contributed by atoms with van der Waals surface area (Å²) in [6.07, 6.45) is 0. The van der Waals surface area contributed by atoms with Crippen molar-refractivity contribution in [3.63, 3.8) is 0 Å². The van der Waals surface area contributed by atoms with Gasteiger partial charge in [-0.05, 0) is 25.5 Å². The van der Waals surface area contributed by atoms with Crippen molar-refractivity contribution in [2.24, 2.45) is 0 Å². The maximum atomic E-state index is 11.8. The van der Waals surface area contributed by atoms with Crippen molar-refractivity contribution in [3.8, 4) is 5.75 Å². The monoisotopic (exact) mass is 256 g/mol. The summed E-state index contributed by atoms with van der Waals surface area (Å²) in [5, 5.41) is 19.7. The molecule has 3 heteroatoms. The van der Waals surface area contributed by atoms with Crippen molar-refractivity contribution in [2.75, 3.05) is 0 Å². The van der Waals surface area contributed by atoms with Crippen LogP contribution in [-0.4, -0.2) is 16.2 Å². The molecule has 0 amide bonds. The van der Waals surface area contributed by atoms with Crippen LogP contribution in [0.4, 0.5) is 0 Å². The molecule has 0 aliphatic carbocycles. The SMILES string of the molecule is Cc1ccc(O)c(C(C)(C(=O)O)c2ccccc2)c1. The molecular formula is C16H16O3. The molecule has 0 aliphatic rings. The Kier molecular flexibility index (Phi) is 3.30. The molecule has 0 radical (unpaired) electrons. The van der Waals surface area contributed by atoms with Crippen LogP contribution < -0.4 is 0 Å². The molecule has 0 spiro atoms. The zero-order valence-electron chi connectivity index (χ0n) is 10.9. The van der Waals surface area contributed by atoms with E-state index in [-0.39, 0.29) is 5.75 Å². The lowest BCUT2D eigenvalue weighted by molar-refractivity contribution is -0.141. The second-order valence-corrected chi connectivity index (χ2v) is 4.82. The summed E-state index contributed by atoms with van der Waals surface area (Å²) in [7, 11) is 0. The maximum Gasteiger partial charge on any atom is 0.318 e. The molecule has 0 heterocycles. The van der Waals surface area contributed by atoms with E-state index in [1.165, 1.54) is 6.07 Å². The summed E-state index contributed by atoms with van der Waals surface area (Å²) in [6, 6.07) is 14.0. The molecule has 2 rings (SSSR count). The van der Waals surface area contributed by atoms with E-state index in [1.807, 2.05) is 13.0 Å². The minimum Gasteiger partial charge on any atom is -0.508 e. The minimum absolute atomic E-state index is 0.000599. The summed E-state index contributed by atoms with van der Waals surface area (Å²) >= 11 is 0. The first-order valence-electron chi connectivity index (χ1n) is 6.05. The van der Waals surface area contributed by atoms with Gasteiger partial charge in [0.1, 0.15) is 11.2 Å². The molecule has 19 heavy (non-hydrogen) atoms. The highest BCUT2D eigenvalue weighted by molar-refractivity contribution is 5.86. The van der Waals surface area contributed by atoms with Crippen molar-refractivity contribution in [2.45, 2.75) is 19.3 Å². The van der Waals surface area contributed by atoms with Gasteiger partial charge in [0.05, 0.1) is 0 Å². The quantitative estimate of drug-likeness (QED) is 0.887. The lowest BCUT2D eigenvalue weighted by Gasteiger charge is -2.27. The van der Waals surface area contributed by atoms with Crippen LogP contribution in [0.15, 0.2) is 48.5 Å². The normalized spacial score (nSPS) is 13.8. The Morgan fingerprint density at radius 1 is 1.11 bits per heavy atom. The topological polar surface area (TPSA) is 57.5 Å². The van der Waals surface area contributed by atoms with E-state index in [9.17, 15) is 15.0 Å². The zero-order valence-corrected chi connectivity index (χ0v) is 10.9. The standard InChI is InChI=1S/C16H16O3/c1-11-8-9-14(17)13(10-11)16(2,15(18)19)12-6-4-3-5-7-12/h3-10,17H,1-2H3,(H,18,19). The zero-order chi connectivity index (χ0) is 14.0. The van der Waals surface area contributed by atoms with E-state index in [0.717, 1.165) is 5.56 Å². The number of aryl methyl sites for hydroxylation is 1. The van der Waals surface area contributed by atoms with Gasteiger partial charge in [0.2, 0.25) is 0 Å². The number of rotatable bonds is 3. The maximum absolute atomic E-state index is 11.8. The Balaban J connectivity index is 2.70. The van der Waals surface area contributed by atoms with E-state index >= 15 is 0 Å². The van der Waals surface area contributed by atoms with Crippen LogP contribution in [0.5, 0.6) is 5.75 Å². The highest BCUT2D eigenvalue weighted by atomic mass is 16.4. The Hall–Kier alpha value is -2.29. The molecule has 2 aromatic rings. The van der Waals surface area contributed by atoms with Crippen molar-refractivity contribution in [1.82, 2.24) is 0 Å². The largest absolute Gasteiger partial charge is 0.508 e. The van der Waals surface area contributed by atoms with E-state index in [0.29, 0.717) is 11.1 Å². The van der Waals surface area contributed by atoms with Gasteiger partial charge in [-0.2, -0.15) is 0 Å². The van der Waals surface area contributed by atoms with Crippen molar-refractivity contribution >= 4 is 5.97 Å². The molecule has 2 N–H and O–H groups in total. The third-order valence-corrected chi connectivity index (χ3v) is 3.47. The van der Waals surface area contributed by atoms with Crippen LogP contribution in [0.25, 0.3) is 0 Å². The van der Waals surface area contributed by atoms with Crippen LogP contribution in [0.1, 0.15) is 23.6 Å². The van der Waals surface area contributed by atoms with E-state index in [1.54, 1.807) is 43.3 Å². The van der Waals surface area contributed by atoms with Crippen molar-refractivity contribution in [1.29, 1.82) is 0 Å². The molecular weight excluding hydrogens is 240 g/mol. The average molecular weight is 256 g/mol. The van der Waals surface area contributed by atoms with E-state index < -0.39 is 11.4 Å². The number of hydrogen-bond donors (Lipinski definition) is 2. The van der Waals surface area contributed by atoms with Crippen molar-refractivity contribution in [3.05, 3.63) is 65.2 Å². The number of carboxylic acid groups (broad SMARTS) is 1. The first kappa shape index (κ1) is 13.1. The average Bonchev–Trinajstić information content (AvgIpc) is 2.41. The third kappa shape index (κ3) is 2.19. The number of aromatic hydroxyl groups is 1. The molecule has 0 saturated heterocycles. The Bertz CT molecular complexity index is 605. The summed E-state index contributed by atoms with van der Waals surface area (Å²) in [4.78, 5) is 11.8. The Morgan fingerprint density at radius 2 is 1.74 bits per heavy atom. The van der Waals surface area contributed by atoms with Gasteiger partial charge in [-0.25, -0.2) is 0 Å². The fourth-order valence-electron chi connectivity index (χ4n) is 2.22. The molecule has 0 aromatic heterocycles. The molecule has 0 bridgehead atoms. The van der Waals surface area contributed by atoms with E-state index in [2.05, 4.69) is 0 Å². The Morgan fingerprint density at radius 3 is 2.32 bits per heavy atom. The number of phenolic OH excluding ortho intramolecular Hbond substituents is 1. The number of hydrogen-bond acceptors (Lipinski definition) is 2.